The number of benzene rings is 1. The molecular formula is C14H8O7. The molecule has 0 fully saturated rings. The van der Waals surface area contributed by atoms with E-state index in [4.69, 9.17) is 13.9 Å². The maximum Gasteiger partial charge on any atom is 0.513 e. The number of rotatable bonds is 1. The number of hydrogen-bond donors (Lipinski definition) is 1. The van der Waals surface area contributed by atoms with E-state index in [1.807, 2.05) is 0 Å². The van der Waals surface area contributed by atoms with Crippen LogP contribution in [0.25, 0.3) is 21.9 Å². The molecule has 0 saturated heterocycles. The van der Waals surface area contributed by atoms with Gasteiger partial charge in [-0.1, -0.05) is 0 Å². The van der Waals surface area contributed by atoms with Crippen LogP contribution >= 0.6 is 0 Å². The summed E-state index contributed by atoms with van der Waals surface area (Å²) >= 11 is 0. The van der Waals surface area contributed by atoms with Gasteiger partial charge in [0.15, 0.2) is 5.58 Å². The molecule has 0 amide bonds. The molecule has 0 spiro atoms. The Balaban J connectivity index is 2.44. The summed E-state index contributed by atoms with van der Waals surface area (Å²) in [5.41, 5.74) is -0.314. The first kappa shape index (κ1) is 12.9. The summed E-state index contributed by atoms with van der Waals surface area (Å²) in [6.45, 7) is 1.72. The maximum atomic E-state index is 12.1. The second-order valence-corrected chi connectivity index (χ2v) is 4.36. The van der Waals surface area contributed by atoms with Crippen molar-refractivity contribution in [3.05, 3.63) is 50.5 Å². The van der Waals surface area contributed by atoms with E-state index in [-0.39, 0.29) is 16.6 Å². The Bertz CT molecular complexity index is 994. The highest BCUT2D eigenvalue weighted by atomic mass is 16.7. The van der Waals surface area contributed by atoms with Gasteiger partial charge in [0.2, 0.25) is 5.43 Å². The number of hydrogen-bond acceptors (Lipinski definition) is 6. The Morgan fingerprint density at radius 2 is 1.95 bits per heavy atom. The fourth-order valence-corrected chi connectivity index (χ4v) is 2.14. The standard InChI is InChI=1S/C14H8O7/c1-6-4-10(16)20-13-7(6)2-3-9-12(13)8(15)5-11(19-9)21-14(17)18/h2-5H,1H3,(H,17,18). The zero-order valence-corrected chi connectivity index (χ0v) is 10.7. The number of ether oxygens (including phenoxy) is 1. The summed E-state index contributed by atoms with van der Waals surface area (Å²) in [4.78, 5) is 34.1. The highest BCUT2D eigenvalue weighted by Gasteiger charge is 2.14. The lowest BCUT2D eigenvalue weighted by atomic mass is 10.1. The van der Waals surface area contributed by atoms with E-state index in [1.54, 1.807) is 13.0 Å². The van der Waals surface area contributed by atoms with Crippen molar-refractivity contribution < 1.29 is 23.5 Å². The van der Waals surface area contributed by atoms with Gasteiger partial charge >= 0.3 is 11.8 Å². The van der Waals surface area contributed by atoms with Gasteiger partial charge in [0.1, 0.15) is 11.0 Å². The van der Waals surface area contributed by atoms with Crippen LogP contribution in [0.3, 0.4) is 0 Å². The van der Waals surface area contributed by atoms with Crippen LogP contribution in [0, 0.1) is 6.92 Å². The molecule has 2 aromatic heterocycles. The molecule has 106 valence electrons. The van der Waals surface area contributed by atoms with E-state index in [1.165, 1.54) is 12.1 Å². The predicted octanol–water partition coefficient (Wildman–Crippen LogP) is 2.26. The molecule has 3 aromatic rings. The Kier molecular flexibility index (Phi) is 2.76. The van der Waals surface area contributed by atoms with Crippen LogP contribution in [0.15, 0.2) is 42.7 Å². The molecule has 7 heteroatoms. The molecule has 1 N–H and O–H groups in total. The minimum atomic E-state index is -1.60. The van der Waals surface area contributed by atoms with Crippen molar-refractivity contribution in [3.63, 3.8) is 0 Å². The van der Waals surface area contributed by atoms with Crippen LogP contribution < -0.4 is 15.8 Å². The molecule has 0 atom stereocenters. The van der Waals surface area contributed by atoms with Gasteiger partial charge in [0, 0.05) is 11.5 Å². The summed E-state index contributed by atoms with van der Waals surface area (Å²) < 4.78 is 14.6. The van der Waals surface area contributed by atoms with Crippen molar-refractivity contribution in [2.45, 2.75) is 6.92 Å². The van der Waals surface area contributed by atoms with E-state index >= 15 is 0 Å². The average Bonchev–Trinajstić information content (AvgIpc) is 2.36. The summed E-state index contributed by atoms with van der Waals surface area (Å²) in [5.74, 6) is -0.450. The van der Waals surface area contributed by atoms with Gasteiger partial charge in [-0.3, -0.25) is 4.79 Å². The van der Waals surface area contributed by atoms with Gasteiger partial charge in [0.05, 0.1) is 6.07 Å². The lowest BCUT2D eigenvalue weighted by molar-refractivity contribution is 0.133. The molecule has 1 aromatic carbocycles. The molecule has 0 unspecified atom stereocenters. The third-order valence-electron chi connectivity index (χ3n) is 2.98. The van der Waals surface area contributed by atoms with E-state index in [2.05, 4.69) is 4.74 Å². The number of aryl methyl sites for hydroxylation is 1. The van der Waals surface area contributed by atoms with Crippen LogP contribution in [0.2, 0.25) is 0 Å². The molecule has 0 aliphatic carbocycles. The second kappa shape index (κ2) is 4.48. The first-order chi connectivity index (χ1) is 9.95. The molecular weight excluding hydrogens is 280 g/mol. The Hall–Kier alpha value is -3.09. The molecule has 2 heterocycles. The fraction of sp³-hybridized carbons (Fsp3) is 0.0714. The summed E-state index contributed by atoms with van der Waals surface area (Å²) in [6, 6.07) is 5.31. The fourth-order valence-electron chi connectivity index (χ4n) is 2.14. The van der Waals surface area contributed by atoms with E-state index in [0.717, 1.165) is 6.07 Å². The van der Waals surface area contributed by atoms with Crippen LogP contribution in [0.5, 0.6) is 5.95 Å². The summed E-state index contributed by atoms with van der Waals surface area (Å²) in [5, 5.41) is 9.19. The number of carboxylic acid groups (broad SMARTS) is 1. The quantitative estimate of drug-likeness (QED) is 0.415. The van der Waals surface area contributed by atoms with Gasteiger partial charge < -0.3 is 18.7 Å². The zero-order valence-electron chi connectivity index (χ0n) is 10.7. The normalized spacial score (nSPS) is 10.9. The van der Waals surface area contributed by atoms with E-state index in [9.17, 15) is 14.4 Å². The highest BCUT2D eigenvalue weighted by Crippen LogP contribution is 2.26. The topological polar surface area (TPSA) is 107 Å². The molecule has 0 saturated carbocycles. The van der Waals surface area contributed by atoms with Gasteiger partial charge in [0.25, 0.3) is 5.95 Å². The minimum Gasteiger partial charge on any atom is -0.449 e. The first-order valence-corrected chi connectivity index (χ1v) is 5.88. The van der Waals surface area contributed by atoms with Gasteiger partial charge in [-0.2, -0.15) is 0 Å². The molecule has 3 rings (SSSR count). The maximum absolute atomic E-state index is 12.1. The monoisotopic (exact) mass is 288 g/mol. The molecule has 0 radical (unpaired) electrons. The number of fused-ring (bicyclic) bond motifs is 3. The van der Waals surface area contributed by atoms with Gasteiger partial charge in [-0.25, -0.2) is 9.59 Å². The van der Waals surface area contributed by atoms with E-state index in [0.29, 0.717) is 10.9 Å². The molecule has 0 aliphatic heterocycles. The molecule has 7 nitrogen and oxygen atoms in total. The van der Waals surface area contributed by atoms with Crippen molar-refractivity contribution in [2.24, 2.45) is 0 Å². The molecule has 21 heavy (non-hydrogen) atoms. The SMILES string of the molecule is Cc1cc(=O)oc2c1ccc1oc(OC(=O)O)cc(=O)c12. The highest BCUT2D eigenvalue weighted by molar-refractivity contribution is 6.02. The lowest BCUT2D eigenvalue weighted by Gasteiger charge is -2.04. The van der Waals surface area contributed by atoms with Gasteiger partial charge in [-0.05, 0) is 24.6 Å². The summed E-state index contributed by atoms with van der Waals surface area (Å²) in [7, 11) is 0. The minimum absolute atomic E-state index is 0.0611. The van der Waals surface area contributed by atoms with Crippen molar-refractivity contribution >= 4 is 28.1 Å². The predicted molar refractivity (Wildman–Crippen MR) is 71.9 cm³/mol. The molecule has 0 aliphatic rings. The lowest BCUT2D eigenvalue weighted by Crippen LogP contribution is -2.08. The summed E-state index contributed by atoms with van der Waals surface area (Å²) in [6.07, 6.45) is -1.60. The average molecular weight is 288 g/mol. The zero-order chi connectivity index (χ0) is 15.1. The van der Waals surface area contributed by atoms with Crippen molar-refractivity contribution in [2.75, 3.05) is 0 Å². The van der Waals surface area contributed by atoms with Crippen molar-refractivity contribution in [3.8, 4) is 5.95 Å². The first-order valence-electron chi connectivity index (χ1n) is 5.88. The van der Waals surface area contributed by atoms with Crippen LogP contribution in [0.1, 0.15) is 5.56 Å². The van der Waals surface area contributed by atoms with Crippen LogP contribution in [-0.2, 0) is 0 Å². The smallest absolute Gasteiger partial charge is 0.449 e. The van der Waals surface area contributed by atoms with Crippen molar-refractivity contribution in [1.82, 2.24) is 0 Å². The van der Waals surface area contributed by atoms with Crippen molar-refractivity contribution in [1.29, 1.82) is 0 Å². The third-order valence-corrected chi connectivity index (χ3v) is 2.98. The third kappa shape index (κ3) is 2.14. The Morgan fingerprint density at radius 3 is 2.67 bits per heavy atom. The van der Waals surface area contributed by atoms with Gasteiger partial charge in [-0.15, -0.1) is 0 Å². The molecule has 0 bridgehead atoms. The second-order valence-electron chi connectivity index (χ2n) is 4.36. The number of carbonyl (C=O) groups is 1. The van der Waals surface area contributed by atoms with Crippen LogP contribution in [-0.4, -0.2) is 11.3 Å². The largest absolute Gasteiger partial charge is 0.513 e. The van der Waals surface area contributed by atoms with E-state index < -0.39 is 23.2 Å². The Morgan fingerprint density at radius 1 is 1.19 bits per heavy atom. The Labute approximate surface area is 116 Å². The van der Waals surface area contributed by atoms with Crippen LogP contribution in [0.4, 0.5) is 4.79 Å².